The average molecular weight is 540 g/mol. The first-order valence-electron chi connectivity index (χ1n) is 11.4. The fraction of sp³-hybridized carbons (Fsp3) is 0.440. The molecular formula is C25H34ClN3O6S. The molecule has 9 nitrogen and oxygen atoms in total. The lowest BCUT2D eigenvalue weighted by atomic mass is 10.1. The quantitative estimate of drug-likeness (QED) is 0.443. The first-order valence-corrected chi connectivity index (χ1v) is 13.7. The Labute approximate surface area is 218 Å². The second kappa shape index (κ2) is 12.8. The zero-order valence-electron chi connectivity index (χ0n) is 21.4. The van der Waals surface area contributed by atoms with Crippen molar-refractivity contribution in [3.8, 4) is 11.5 Å². The summed E-state index contributed by atoms with van der Waals surface area (Å²) in [6.45, 7) is 4.98. The fourth-order valence-electron chi connectivity index (χ4n) is 3.42. The van der Waals surface area contributed by atoms with E-state index in [0.717, 1.165) is 22.5 Å². The van der Waals surface area contributed by atoms with E-state index >= 15 is 0 Å². The number of sulfonamides is 1. The van der Waals surface area contributed by atoms with Crippen molar-refractivity contribution in [1.29, 1.82) is 0 Å². The minimum absolute atomic E-state index is 0.0801. The Morgan fingerprint density at radius 1 is 1.06 bits per heavy atom. The van der Waals surface area contributed by atoms with E-state index in [-0.39, 0.29) is 29.9 Å². The molecule has 2 aromatic rings. The number of anilines is 1. The lowest BCUT2D eigenvalue weighted by Crippen LogP contribution is -2.52. The number of benzene rings is 2. The number of amides is 2. The van der Waals surface area contributed by atoms with Crippen LogP contribution in [0.15, 0.2) is 42.5 Å². The summed E-state index contributed by atoms with van der Waals surface area (Å²) in [5.41, 5.74) is 0.918. The van der Waals surface area contributed by atoms with Crippen LogP contribution in [0.2, 0.25) is 5.02 Å². The van der Waals surface area contributed by atoms with Gasteiger partial charge < -0.3 is 19.7 Å². The number of nitrogens with one attached hydrogen (secondary N) is 1. The summed E-state index contributed by atoms with van der Waals surface area (Å²) in [4.78, 5) is 27.9. The highest BCUT2D eigenvalue weighted by atomic mass is 35.5. The number of carbonyl (C=O) groups excluding carboxylic acids is 2. The molecule has 0 saturated heterocycles. The number of hydrogen-bond acceptors (Lipinski definition) is 6. The molecule has 11 heteroatoms. The Kier molecular flexibility index (Phi) is 10.4. The van der Waals surface area contributed by atoms with Gasteiger partial charge in [-0.1, -0.05) is 30.7 Å². The minimum atomic E-state index is -3.90. The molecule has 2 amide bonds. The average Bonchev–Trinajstić information content (AvgIpc) is 2.85. The SMILES string of the molecule is CC[C@H](C)NC(=O)[C@@H](C)N(Cc1ccc(Cl)cc1)C(=O)CN(c1ccc(OC)cc1OC)S(C)(=O)=O. The second-order valence-corrected chi connectivity index (χ2v) is 10.8. The van der Waals surface area contributed by atoms with E-state index in [1.807, 2.05) is 13.8 Å². The van der Waals surface area contributed by atoms with Gasteiger partial charge >= 0.3 is 0 Å². The third-order valence-corrected chi connectivity index (χ3v) is 7.15. The Morgan fingerprint density at radius 2 is 1.69 bits per heavy atom. The van der Waals surface area contributed by atoms with Crippen molar-refractivity contribution in [3.63, 3.8) is 0 Å². The summed E-state index contributed by atoms with van der Waals surface area (Å²) in [5, 5.41) is 3.42. The molecule has 2 atom stereocenters. The van der Waals surface area contributed by atoms with Gasteiger partial charge in [-0.2, -0.15) is 0 Å². The number of hydrogen-bond donors (Lipinski definition) is 1. The molecule has 0 unspecified atom stereocenters. The van der Waals surface area contributed by atoms with Crippen LogP contribution in [0.3, 0.4) is 0 Å². The maximum absolute atomic E-state index is 13.6. The number of rotatable bonds is 12. The zero-order chi connectivity index (χ0) is 27.0. The van der Waals surface area contributed by atoms with E-state index in [9.17, 15) is 18.0 Å². The van der Waals surface area contributed by atoms with Gasteiger partial charge in [-0.3, -0.25) is 13.9 Å². The number of halogens is 1. The summed E-state index contributed by atoms with van der Waals surface area (Å²) in [7, 11) is -1.02. The second-order valence-electron chi connectivity index (χ2n) is 8.45. The van der Waals surface area contributed by atoms with Crippen LogP contribution in [-0.4, -0.2) is 64.2 Å². The van der Waals surface area contributed by atoms with Crippen LogP contribution in [0.25, 0.3) is 0 Å². The molecule has 0 fully saturated rings. The summed E-state index contributed by atoms with van der Waals surface area (Å²) >= 11 is 6.00. The van der Waals surface area contributed by atoms with Crippen LogP contribution in [0, 0.1) is 0 Å². The highest BCUT2D eigenvalue weighted by Crippen LogP contribution is 2.33. The maximum Gasteiger partial charge on any atom is 0.244 e. The van der Waals surface area contributed by atoms with Gasteiger partial charge in [0, 0.05) is 23.7 Å². The first-order chi connectivity index (χ1) is 16.9. The lowest BCUT2D eigenvalue weighted by molar-refractivity contribution is -0.139. The molecule has 0 heterocycles. The van der Waals surface area contributed by atoms with Crippen molar-refractivity contribution >= 4 is 39.1 Å². The Bertz CT molecular complexity index is 1160. The lowest BCUT2D eigenvalue weighted by Gasteiger charge is -2.32. The van der Waals surface area contributed by atoms with E-state index in [4.69, 9.17) is 21.1 Å². The van der Waals surface area contributed by atoms with Crippen molar-refractivity contribution in [1.82, 2.24) is 10.2 Å². The van der Waals surface area contributed by atoms with Gasteiger partial charge in [-0.15, -0.1) is 0 Å². The van der Waals surface area contributed by atoms with Gasteiger partial charge in [0.25, 0.3) is 0 Å². The Hall–Kier alpha value is -2.98. The van der Waals surface area contributed by atoms with E-state index in [0.29, 0.717) is 10.8 Å². The molecule has 0 aliphatic heterocycles. The van der Waals surface area contributed by atoms with Crippen molar-refractivity contribution in [2.75, 3.05) is 31.3 Å². The van der Waals surface area contributed by atoms with E-state index in [1.54, 1.807) is 37.3 Å². The first kappa shape index (κ1) is 29.3. The predicted octanol–water partition coefficient (Wildman–Crippen LogP) is 3.46. The van der Waals surface area contributed by atoms with Crippen molar-refractivity contribution in [2.45, 2.75) is 45.8 Å². The van der Waals surface area contributed by atoms with E-state index in [1.165, 1.54) is 31.3 Å². The van der Waals surface area contributed by atoms with Crippen LogP contribution >= 0.6 is 11.6 Å². The molecule has 0 aliphatic carbocycles. The van der Waals surface area contributed by atoms with Crippen molar-refractivity contribution < 1.29 is 27.5 Å². The van der Waals surface area contributed by atoms with Gasteiger partial charge in [0.05, 0.1) is 26.2 Å². The summed E-state index contributed by atoms with van der Waals surface area (Å²) in [6.07, 6.45) is 1.73. The Balaban J connectivity index is 2.45. The topological polar surface area (TPSA) is 105 Å². The highest BCUT2D eigenvalue weighted by Gasteiger charge is 2.31. The largest absolute Gasteiger partial charge is 0.497 e. The number of methoxy groups -OCH3 is 2. The monoisotopic (exact) mass is 539 g/mol. The normalized spacial score (nSPS) is 12.9. The minimum Gasteiger partial charge on any atom is -0.497 e. The molecule has 2 rings (SSSR count). The fourth-order valence-corrected chi connectivity index (χ4v) is 4.40. The standard InChI is InChI=1S/C25H34ClN3O6S/c1-7-17(2)27-25(31)18(3)28(15-19-8-10-20(26)11-9-19)24(30)16-29(36(6,32)33)22-13-12-21(34-4)14-23(22)35-5/h8-14,17-18H,7,15-16H2,1-6H3,(H,27,31)/t17-,18+/m0/s1. The van der Waals surface area contributed by atoms with Crippen LogP contribution in [0.1, 0.15) is 32.8 Å². The summed E-state index contributed by atoms with van der Waals surface area (Å²) < 4.78 is 37.1. The van der Waals surface area contributed by atoms with Crippen molar-refractivity contribution in [3.05, 3.63) is 53.1 Å². The van der Waals surface area contributed by atoms with Gasteiger partial charge in [0.15, 0.2) is 0 Å². The number of ether oxygens (including phenoxy) is 2. The maximum atomic E-state index is 13.6. The molecule has 198 valence electrons. The summed E-state index contributed by atoms with van der Waals surface area (Å²) in [5.74, 6) is -0.200. The summed E-state index contributed by atoms with van der Waals surface area (Å²) in [6, 6.07) is 10.6. The van der Waals surface area contributed by atoms with E-state index in [2.05, 4.69) is 5.32 Å². The zero-order valence-corrected chi connectivity index (χ0v) is 23.0. The molecule has 2 aromatic carbocycles. The third-order valence-electron chi connectivity index (χ3n) is 5.77. The molecule has 0 aromatic heterocycles. The third kappa shape index (κ3) is 7.76. The van der Waals surface area contributed by atoms with Crippen LogP contribution < -0.4 is 19.1 Å². The van der Waals surface area contributed by atoms with E-state index < -0.39 is 28.5 Å². The van der Waals surface area contributed by atoms with Crippen LogP contribution in [-0.2, 0) is 26.2 Å². The molecule has 0 bridgehead atoms. The van der Waals surface area contributed by atoms with Gasteiger partial charge in [-0.25, -0.2) is 8.42 Å². The number of nitrogens with zero attached hydrogens (tertiary/aromatic N) is 2. The molecular weight excluding hydrogens is 506 g/mol. The van der Waals surface area contributed by atoms with Crippen molar-refractivity contribution in [2.24, 2.45) is 0 Å². The molecule has 1 N–H and O–H groups in total. The predicted molar refractivity (Wildman–Crippen MR) is 141 cm³/mol. The van der Waals surface area contributed by atoms with Crippen LogP contribution in [0.4, 0.5) is 5.69 Å². The van der Waals surface area contributed by atoms with Gasteiger partial charge in [0.2, 0.25) is 21.8 Å². The van der Waals surface area contributed by atoms with Gasteiger partial charge in [-0.05, 0) is 50.1 Å². The molecule has 0 aliphatic rings. The molecule has 0 saturated carbocycles. The molecule has 36 heavy (non-hydrogen) atoms. The molecule has 0 spiro atoms. The Morgan fingerprint density at radius 3 is 2.22 bits per heavy atom. The highest BCUT2D eigenvalue weighted by molar-refractivity contribution is 7.92. The smallest absolute Gasteiger partial charge is 0.244 e. The van der Waals surface area contributed by atoms with Crippen LogP contribution in [0.5, 0.6) is 11.5 Å². The molecule has 0 radical (unpaired) electrons. The number of carbonyl (C=O) groups is 2. The van der Waals surface area contributed by atoms with Gasteiger partial charge in [0.1, 0.15) is 24.1 Å².